The van der Waals surface area contributed by atoms with Crippen LogP contribution >= 0.6 is 0 Å². The number of hydrogen-bond donors (Lipinski definition) is 1. The molecule has 1 fully saturated rings. The molecule has 0 atom stereocenters. The molecule has 0 radical (unpaired) electrons. The Balaban J connectivity index is 1.53. The van der Waals surface area contributed by atoms with Gasteiger partial charge in [0.2, 0.25) is 0 Å². The second kappa shape index (κ2) is 7.85. The van der Waals surface area contributed by atoms with Crippen molar-refractivity contribution in [3.8, 4) is 0 Å². The Morgan fingerprint density at radius 3 is 2.44 bits per heavy atom. The second-order valence-corrected chi connectivity index (χ2v) is 5.82. The molecular formula is C18H21N3O4. The summed E-state index contributed by atoms with van der Waals surface area (Å²) < 4.78 is 9.77. The van der Waals surface area contributed by atoms with Crippen LogP contribution in [0.1, 0.15) is 10.6 Å². The van der Waals surface area contributed by atoms with Gasteiger partial charge in [0.05, 0.1) is 19.9 Å². The van der Waals surface area contributed by atoms with Crippen LogP contribution in [0.5, 0.6) is 0 Å². The van der Waals surface area contributed by atoms with E-state index in [4.69, 9.17) is 9.15 Å². The van der Waals surface area contributed by atoms with Gasteiger partial charge >= 0.3 is 5.97 Å². The van der Waals surface area contributed by atoms with Gasteiger partial charge in [0, 0.05) is 37.6 Å². The van der Waals surface area contributed by atoms with E-state index in [0.29, 0.717) is 6.54 Å². The van der Waals surface area contributed by atoms with Crippen LogP contribution in [0.15, 0.2) is 47.1 Å². The third-order valence-electron chi connectivity index (χ3n) is 4.19. The topological polar surface area (TPSA) is 75.0 Å². The van der Waals surface area contributed by atoms with Crippen molar-refractivity contribution in [3.63, 3.8) is 0 Å². The zero-order valence-electron chi connectivity index (χ0n) is 14.1. The number of amides is 1. The second-order valence-electron chi connectivity index (χ2n) is 5.82. The van der Waals surface area contributed by atoms with Crippen molar-refractivity contribution in [2.75, 3.05) is 50.1 Å². The number of nitrogens with one attached hydrogen (secondary N) is 1. The Morgan fingerprint density at radius 2 is 1.84 bits per heavy atom. The maximum atomic E-state index is 12.0. The van der Waals surface area contributed by atoms with Crippen molar-refractivity contribution < 1.29 is 18.7 Å². The highest BCUT2D eigenvalue weighted by molar-refractivity contribution is 6.02. The molecule has 0 spiro atoms. The van der Waals surface area contributed by atoms with Gasteiger partial charge in [-0.25, -0.2) is 0 Å². The molecule has 1 N–H and O–H groups in total. The number of methoxy groups -OCH3 is 1. The Kier molecular flexibility index (Phi) is 5.35. The molecule has 25 heavy (non-hydrogen) atoms. The van der Waals surface area contributed by atoms with E-state index in [2.05, 4.69) is 15.1 Å². The van der Waals surface area contributed by atoms with E-state index in [1.165, 1.54) is 13.4 Å². The maximum Gasteiger partial charge on any atom is 0.319 e. The SMILES string of the molecule is COC(=O)CN1CCN(c2ccc(NC(=O)c3ccco3)cc2)CC1. The first kappa shape index (κ1) is 17.0. The van der Waals surface area contributed by atoms with Crippen molar-refractivity contribution >= 4 is 23.3 Å². The predicted octanol–water partition coefficient (Wildman–Crippen LogP) is 1.83. The smallest absolute Gasteiger partial charge is 0.319 e. The van der Waals surface area contributed by atoms with Gasteiger partial charge in [-0.2, -0.15) is 0 Å². The molecule has 1 saturated heterocycles. The number of ether oxygens (including phenoxy) is 1. The number of anilines is 2. The third kappa shape index (κ3) is 4.39. The van der Waals surface area contributed by atoms with Gasteiger partial charge in [0.25, 0.3) is 5.91 Å². The van der Waals surface area contributed by atoms with E-state index in [0.717, 1.165) is 37.6 Å². The number of carbonyl (C=O) groups is 2. The molecule has 0 saturated carbocycles. The zero-order chi connectivity index (χ0) is 17.6. The van der Waals surface area contributed by atoms with E-state index >= 15 is 0 Å². The number of carbonyl (C=O) groups excluding carboxylic acids is 2. The van der Waals surface area contributed by atoms with Gasteiger partial charge in [0.15, 0.2) is 5.76 Å². The Bertz CT molecular complexity index is 704. The molecule has 0 aliphatic carbocycles. The van der Waals surface area contributed by atoms with E-state index in [-0.39, 0.29) is 17.6 Å². The summed E-state index contributed by atoms with van der Waals surface area (Å²) in [7, 11) is 1.41. The van der Waals surface area contributed by atoms with Gasteiger partial charge < -0.3 is 19.4 Å². The molecule has 7 heteroatoms. The fourth-order valence-corrected chi connectivity index (χ4v) is 2.77. The molecule has 1 aliphatic heterocycles. The first-order valence-corrected chi connectivity index (χ1v) is 8.15. The molecule has 0 bridgehead atoms. The summed E-state index contributed by atoms with van der Waals surface area (Å²) in [5.41, 5.74) is 1.81. The lowest BCUT2D eigenvalue weighted by Crippen LogP contribution is -2.48. The number of furan rings is 1. The number of rotatable bonds is 5. The molecule has 0 unspecified atom stereocenters. The maximum absolute atomic E-state index is 12.0. The van der Waals surface area contributed by atoms with Crippen molar-refractivity contribution in [2.24, 2.45) is 0 Å². The molecule has 1 aromatic carbocycles. The molecule has 1 amide bonds. The summed E-state index contributed by atoms with van der Waals surface area (Å²) in [5.74, 6) is -0.190. The summed E-state index contributed by atoms with van der Waals surface area (Å²) >= 11 is 0. The molecular weight excluding hydrogens is 322 g/mol. The minimum Gasteiger partial charge on any atom is -0.468 e. The van der Waals surface area contributed by atoms with Crippen LogP contribution in [0, 0.1) is 0 Å². The van der Waals surface area contributed by atoms with Crippen LogP contribution in [0.3, 0.4) is 0 Å². The summed E-state index contributed by atoms with van der Waals surface area (Å²) in [6.07, 6.45) is 1.47. The van der Waals surface area contributed by atoms with Crippen molar-refractivity contribution in [1.82, 2.24) is 4.90 Å². The summed E-state index contributed by atoms with van der Waals surface area (Å²) in [6, 6.07) is 11.0. The van der Waals surface area contributed by atoms with Gasteiger partial charge in [0.1, 0.15) is 0 Å². The largest absolute Gasteiger partial charge is 0.468 e. The summed E-state index contributed by atoms with van der Waals surface area (Å²) in [6.45, 7) is 3.64. The normalized spacial score (nSPS) is 15.0. The molecule has 7 nitrogen and oxygen atoms in total. The lowest BCUT2D eigenvalue weighted by Gasteiger charge is -2.35. The fourth-order valence-electron chi connectivity index (χ4n) is 2.77. The van der Waals surface area contributed by atoms with Gasteiger partial charge in [-0.3, -0.25) is 14.5 Å². The molecule has 2 aromatic rings. The number of piperazine rings is 1. The molecule has 132 valence electrons. The van der Waals surface area contributed by atoms with Crippen LogP contribution in [-0.2, 0) is 9.53 Å². The Hall–Kier alpha value is -2.80. The van der Waals surface area contributed by atoms with Gasteiger partial charge in [-0.1, -0.05) is 0 Å². The van der Waals surface area contributed by atoms with E-state index in [9.17, 15) is 9.59 Å². The van der Waals surface area contributed by atoms with Crippen LogP contribution < -0.4 is 10.2 Å². The predicted molar refractivity (Wildman–Crippen MR) is 93.8 cm³/mol. The molecule has 1 aromatic heterocycles. The van der Waals surface area contributed by atoms with Crippen LogP contribution in [0.4, 0.5) is 11.4 Å². The summed E-state index contributed by atoms with van der Waals surface area (Å²) in [5, 5.41) is 2.80. The lowest BCUT2D eigenvalue weighted by atomic mass is 10.2. The highest BCUT2D eigenvalue weighted by Gasteiger charge is 2.19. The van der Waals surface area contributed by atoms with Crippen molar-refractivity contribution in [2.45, 2.75) is 0 Å². The van der Waals surface area contributed by atoms with Crippen LogP contribution in [-0.4, -0.2) is 56.6 Å². The van der Waals surface area contributed by atoms with E-state index in [1.54, 1.807) is 12.1 Å². The highest BCUT2D eigenvalue weighted by Crippen LogP contribution is 2.20. The number of esters is 1. The quantitative estimate of drug-likeness (QED) is 0.835. The van der Waals surface area contributed by atoms with Crippen molar-refractivity contribution in [3.05, 3.63) is 48.4 Å². The van der Waals surface area contributed by atoms with Gasteiger partial charge in [-0.15, -0.1) is 0 Å². The van der Waals surface area contributed by atoms with Crippen LogP contribution in [0.25, 0.3) is 0 Å². The minimum atomic E-state index is -0.269. The third-order valence-corrected chi connectivity index (χ3v) is 4.19. The number of hydrogen-bond acceptors (Lipinski definition) is 6. The van der Waals surface area contributed by atoms with Crippen molar-refractivity contribution in [1.29, 1.82) is 0 Å². The molecule has 2 heterocycles. The first-order chi connectivity index (χ1) is 12.2. The zero-order valence-corrected chi connectivity index (χ0v) is 14.1. The fraction of sp³-hybridized carbons (Fsp3) is 0.333. The highest BCUT2D eigenvalue weighted by atomic mass is 16.5. The molecule has 1 aliphatic rings. The number of nitrogens with zero attached hydrogens (tertiary/aromatic N) is 2. The average Bonchev–Trinajstić information content (AvgIpc) is 3.18. The summed E-state index contributed by atoms with van der Waals surface area (Å²) in [4.78, 5) is 27.6. The van der Waals surface area contributed by atoms with Crippen LogP contribution in [0.2, 0.25) is 0 Å². The number of benzene rings is 1. The Morgan fingerprint density at radius 1 is 1.12 bits per heavy atom. The molecule has 3 rings (SSSR count). The first-order valence-electron chi connectivity index (χ1n) is 8.15. The standard InChI is InChI=1S/C18H21N3O4/c1-24-17(22)13-20-8-10-21(11-9-20)15-6-4-14(5-7-15)19-18(23)16-3-2-12-25-16/h2-7,12H,8-11,13H2,1H3,(H,19,23). The van der Waals surface area contributed by atoms with E-state index < -0.39 is 0 Å². The van der Waals surface area contributed by atoms with E-state index in [1.807, 2.05) is 24.3 Å². The minimum absolute atomic E-state index is 0.204. The monoisotopic (exact) mass is 343 g/mol. The Labute approximate surface area is 146 Å². The average molecular weight is 343 g/mol. The van der Waals surface area contributed by atoms with Gasteiger partial charge in [-0.05, 0) is 36.4 Å². The lowest BCUT2D eigenvalue weighted by molar-refractivity contribution is -0.142.